The lowest BCUT2D eigenvalue weighted by atomic mass is 9.53. The van der Waals surface area contributed by atoms with Crippen LogP contribution in [0, 0.1) is 11.3 Å². The second-order valence-corrected chi connectivity index (χ2v) is 7.01. The van der Waals surface area contributed by atoms with Crippen molar-refractivity contribution in [2.45, 2.75) is 31.4 Å². The van der Waals surface area contributed by atoms with Gasteiger partial charge in [0.15, 0.2) is 0 Å². The van der Waals surface area contributed by atoms with E-state index in [0.717, 1.165) is 32.5 Å². The third-order valence-electron chi connectivity index (χ3n) is 6.09. The number of ether oxygens (including phenoxy) is 1. The fraction of sp³-hybridized carbons (Fsp3) is 0.500. The molecule has 2 fully saturated rings. The largest absolute Gasteiger partial charge is 0.392 e. The first-order chi connectivity index (χ1) is 10.8. The van der Waals surface area contributed by atoms with Crippen LogP contribution in [0.3, 0.4) is 0 Å². The Labute approximate surface area is 129 Å². The summed E-state index contributed by atoms with van der Waals surface area (Å²) in [4.78, 5) is 4.32. The molecule has 4 heteroatoms. The van der Waals surface area contributed by atoms with Crippen molar-refractivity contribution in [3.8, 4) is 11.3 Å². The van der Waals surface area contributed by atoms with Gasteiger partial charge in [-0.2, -0.15) is 0 Å². The van der Waals surface area contributed by atoms with Crippen molar-refractivity contribution in [3.05, 3.63) is 42.4 Å². The second kappa shape index (κ2) is 4.43. The van der Waals surface area contributed by atoms with Gasteiger partial charge in [-0.25, -0.2) is 4.98 Å². The Morgan fingerprint density at radius 1 is 1.23 bits per heavy atom. The first-order valence-electron chi connectivity index (χ1n) is 8.17. The van der Waals surface area contributed by atoms with E-state index in [9.17, 15) is 5.11 Å². The number of aliphatic hydroxyl groups excluding tert-OH is 1. The summed E-state index contributed by atoms with van der Waals surface area (Å²) in [7, 11) is 0. The fourth-order valence-corrected chi connectivity index (χ4v) is 4.87. The molecule has 3 aliphatic rings. The van der Waals surface area contributed by atoms with Crippen LogP contribution in [0.4, 0.5) is 0 Å². The van der Waals surface area contributed by atoms with Crippen molar-refractivity contribution in [1.29, 1.82) is 0 Å². The first kappa shape index (κ1) is 12.9. The minimum absolute atomic E-state index is 0.0984. The molecule has 22 heavy (non-hydrogen) atoms. The van der Waals surface area contributed by atoms with E-state index in [0.29, 0.717) is 0 Å². The van der Waals surface area contributed by atoms with Gasteiger partial charge in [-0.05, 0) is 24.8 Å². The minimum Gasteiger partial charge on any atom is -0.392 e. The third kappa shape index (κ3) is 1.52. The van der Waals surface area contributed by atoms with E-state index in [-0.39, 0.29) is 23.5 Å². The Balaban J connectivity index is 1.52. The molecule has 0 radical (unpaired) electrons. The van der Waals surface area contributed by atoms with Crippen LogP contribution in [-0.2, 0) is 4.74 Å². The molecule has 0 bridgehead atoms. The van der Waals surface area contributed by atoms with Gasteiger partial charge in [-0.3, -0.25) is 0 Å². The number of nitrogens with zero attached hydrogens (tertiary/aromatic N) is 2. The van der Waals surface area contributed by atoms with E-state index in [2.05, 4.69) is 33.8 Å². The van der Waals surface area contributed by atoms with E-state index < -0.39 is 0 Å². The normalized spacial score (nSPS) is 31.6. The number of rotatable bonds is 1. The predicted molar refractivity (Wildman–Crippen MR) is 82.4 cm³/mol. The molecule has 114 valence electrons. The van der Waals surface area contributed by atoms with E-state index in [1.807, 2.05) is 12.5 Å². The summed E-state index contributed by atoms with van der Waals surface area (Å²) in [5, 5.41) is 10.9. The number of benzene rings is 1. The zero-order valence-electron chi connectivity index (χ0n) is 12.5. The smallest absolute Gasteiger partial charge is 0.0956 e. The van der Waals surface area contributed by atoms with Crippen molar-refractivity contribution in [2.24, 2.45) is 11.3 Å². The monoisotopic (exact) mass is 296 g/mol. The molecular weight excluding hydrogens is 276 g/mol. The molecule has 2 aliphatic heterocycles. The standard InChI is InChI=1S/C18H20N2O2/c21-17-14(9-18(17)5-7-22-8-6-18)16-13-4-2-1-3-12(13)15-10-19-11-20(15)16/h1-4,10-11,14,16-17,21H,5-9H2/t14-,16-,17+/m1/s1. The average Bonchev–Trinajstić information content (AvgIpc) is 3.14. The first-order valence-corrected chi connectivity index (χ1v) is 8.17. The van der Waals surface area contributed by atoms with Gasteiger partial charge >= 0.3 is 0 Å². The summed E-state index contributed by atoms with van der Waals surface area (Å²) in [5.74, 6) is 0.287. The maximum atomic E-state index is 10.9. The number of fused-ring (bicyclic) bond motifs is 3. The van der Waals surface area contributed by atoms with Crippen molar-refractivity contribution in [2.75, 3.05) is 13.2 Å². The van der Waals surface area contributed by atoms with Gasteiger partial charge in [-0.1, -0.05) is 24.3 Å². The van der Waals surface area contributed by atoms with Crippen molar-refractivity contribution >= 4 is 0 Å². The molecule has 1 spiro atoms. The predicted octanol–water partition coefficient (Wildman–Crippen LogP) is 2.63. The molecule has 5 rings (SSSR count). The molecular formula is C18H20N2O2. The van der Waals surface area contributed by atoms with Gasteiger partial charge in [0.2, 0.25) is 0 Å². The summed E-state index contributed by atoms with van der Waals surface area (Å²) in [6.07, 6.45) is 6.71. The number of aliphatic hydroxyl groups is 1. The van der Waals surface area contributed by atoms with E-state index in [1.165, 1.54) is 16.8 Å². The van der Waals surface area contributed by atoms with Crippen LogP contribution in [0.25, 0.3) is 11.3 Å². The Hall–Kier alpha value is -1.65. The van der Waals surface area contributed by atoms with Crippen LogP contribution in [-0.4, -0.2) is 34.0 Å². The van der Waals surface area contributed by atoms with Gasteiger partial charge in [0.1, 0.15) is 0 Å². The molecule has 1 saturated heterocycles. The van der Waals surface area contributed by atoms with Crippen LogP contribution in [0.5, 0.6) is 0 Å². The lowest BCUT2D eigenvalue weighted by Crippen LogP contribution is -2.57. The number of aromatic nitrogens is 2. The molecule has 4 nitrogen and oxygen atoms in total. The highest BCUT2D eigenvalue weighted by molar-refractivity contribution is 5.69. The molecule has 1 aliphatic carbocycles. The Kier molecular flexibility index (Phi) is 2.59. The summed E-state index contributed by atoms with van der Waals surface area (Å²) in [6.45, 7) is 1.59. The fourth-order valence-electron chi connectivity index (χ4n) is 4.87. The van der Waals surface area contributed by atoms with Crippen molar-refractivity contribution < 1.29 is 9.84 Å². The Bertz CT molecular complexity index is 717. The summed E-state index contributed by atoms with van der Waals surface area (Å²) >= 11 is 0. The van der Waals surface area contributed by atoms with Gasteiger partial charge < -0.3 is 14.4 Å². The third-order valence-corrected chi connectivity index (χ3v) is 6.09. The van der Waals surface area contributed by atoms with Crippen LogP contribution in [0.1, 0.15) is 30.9 Å². The maximum absolute atomic E-state index is 10.9. The molecule has 1 N–H and O–H groups in total. The molecule has 1 aromatic carbocycles. The highest BCUT2D eigenvalue weighted by Crippen LogP contribution is 2.59. The van der Waals surface area contributed by atoms with E-state index >= 15 is 0 Å². The minimum atomic E-state index is -0.234. The SMILES string of the molecule is O[C@H]1[C@@H]([C@H]2c3ccccc3-c3cncn32)CC12CCOCC2. The zero-order valence-corrected chi connectivity index (χ0v) is 12.5. The van der Waals surface area contributed by atoms with Gasteiger partial charge in [-0.15, -0.1) is 0 Å². The number of hydrogen-bond acceptors (Lipinski definition) is 3. The lowest BCUT2D eigenvalue weighted by Gasteiger charge is -2.56. The van der Waals surface area contributed by atoms with Crippen LogP contribution < -0.4 is 0 Å². The van der Waals surface area contributed by atoms with Crippen LogP contribution in [0.15, 0.2) is 36.8 Å². The summed E-state index contributed by atoms with van der Waals surface area (Å²) in [5.41, 5.74) is 3.89. The van der Waals surface area contributed by atoms with Crippen molar-refractivity contribution in [3.63, 3.8) is 0 Å². The molecule has 0 unspecified atom stereocenters. The van der Waals surface area contributed by atoms with Crippen LogP contribution in [0.2, 0.25) is 0 Å². The molecule has 2 aromatic rings. The van der Waals surface area contributed by atoms with Gasteiger partial charge in [0, 0.05) is 30.1 Å². The van der Waals surface area contributed by atoms with Crippen LogP contribution >= 0.6 is 0 Å². The van der Waals surface area contributed by atoms with E-state index in [1.54, 1.807) is 0 Å². The molecule has 3 heterocycles. The topological polar surface area (TPSA) is 47.3 Å². The second-order valence-electron chi connectivity index (χ2n) is 7.01. The van der Waals surface area contributed by atoms with Gasteiger partial charge in [0.25, 0.3) is 0 Å². The Morgan fingerprint density at radius 3 is 2.86 bits per heavy atom. The quantitative estimate of drug-likeness (QED) is 0.880. The number of hydrogen-bond donors (Lipinski definition) is 1. The maximum Gasteiger partial charge on any atom is 0.0956 e. The summed E-state index contributed by atoms with van der Waals surface area (Å²) in [6, 6.07) is 8.78. The van der Waals surface area contributed by atoms with Crippen molar-refractivity contribution in [1.82, 2.24) is 9.55 Å². The molecule has 0 amide bonds. The average molecular weight is 296 g/mol. The molecule has 1 aromatic heterocycles. The highest BCUT2D eigenvalue weighted by Gasteiger charge is 2.57. The van der Waals surface area contributed by atoms with Gasteiger partial charge in [0.05, 0.1) is 30.4 Å². The van der Waals surface area contributed by atoms with E-state index in [4.69, 9.17) is 4.74 Å². The summed E-state index contributed by atoms with van der Waals surface area (Å²) < 4.78 is 7.74. The highest BCUT2D eigenvalue weighted by atomic mass is 16.5. The molecule has 1 saturated carbocycles. The lowest BCUT2D eigenvalue weighted by molar-refractivity contribution is -0.173. The molecule has 3 atom stereocenters. The Morgan fingerprint density at radius 2 is 2.05 bits per heavy atom. The number of imidazole rings is 1. The zero-order chi connectivity index (χ0) is 14.7.